The summed E-state index contributed by atoms with van der Waals surface area (Å²) >= 11 is 0. The highest BCUT2D eigenvalue weighted by Gasteiger charge is 2.10. The highest BCUT2D eigenvalue weighted by Crippen LogP contribution is 2.05. The van der Waals surface area contributed by atoms with E-state index >= 15 is 0 Å². The molecule has 0 aliphatic carbocycles. The zero-order chi connectivity index (χ0) is 11.3. The van der Waals surface area contributed by atoms with Gasteiger partial charge >= 0.3 is 11.9 Å². The molecule has 0 amide bonds. The Morgan fingerprint density at radius 3 is 2.40 bits per heavy atom. The molecular formula is C11H9NO3. The third kappa shape index (κ3) is 2.92. The maximum atomic E-state index is 11.3. The lowest BCUT2D eigenvalue weighted by molar-refractivity contribution is -0.137. The van der Waals surface area contributed by atoms with Crippen molar-refractivity contribution in [2.75, 3.05) is 0 Å². The number of hydrogen-bond donors (Lipinski definition) is 0. The van der Waals surface area contributed by atoms with E-state index in [0.29, 0.717) is 5.56 Å². The molecule has 0 N–H and O–H groups in total. The first-order valence-electron chi connectivity index (χ1n) is 4.42. The van der Waals surface area contributed by atoms with Crippen LogP contribution < -0.4 is 0 Å². The molecule has 4 heteroatoms. The van der Waals surface area contributed by atoms with Crippen LogP contribution in [0.15, 0.2) is 24.3 Å². The molecule has 76 valence electrons. The molecule has 0 aliphatic heterocycles. The van der Waals surface area contributed by atoms with E-state index in [1.165, 1.54) is 24.3 Å². The van der Waals surface area contributed by atoms with E-state index in [4.69, 9.17) is 5.26 Å². The molecule has 0 fully saturated rings. The molecule has 4 nitrogen and oxygen atoms in total. The summed E-state index contributed by atoms with van der Waals surface area (Å²) in [7, 11) is 0. The quantitative estimate of drug-likeness (QED) is 0.541. The number of benzene rings is 1. The van der Waals surface area contributed by atoms with Crippen LogP contribution in [0.1, 0.15) is 29.3 Å². The molecule has 0 radical (unpaired) electrons. The molecule has 1 aromatic rings. The van der Waals surface area contributed by atoms with Gasteiger partial charge in [-0.25, -0.2) is 4.79 Å². The lowest BCUT2D eigenvalue weighted by Gasteiger charge is -2.00. The molecule has 0 atom stereocenters. The van der Waals surface area contributed by atoms with Crippen LogP contribution in [0, 0.1) is 11.3 Å². The number of esters is 2. The van der Waals surface area contributed by atoms with Gasteiger partial charge in [0.25, 0.3) is 0 Å². The largest absolute Gasteiger partial charge is 0.389 e. The molecular weight excluding hydrogens is 194 g/mol. The van der Waals surface area contributed by atoms with E-state index in [1.54, 1.807) is 6.92 Å². The normalized spacial score (nSPS) is 9.07. The monoisotopic (exact) mass is 203 g/mol. The Kier molecular flexibility index (Phi) is 3.58. The van der Waals surface area contributed by atoms with Crippen molar-refractivity contribution in [2.45, 2.75) is 13.3 Å². The zero-order valence-corrected chi connectivity index (χ0v) is 8.19. The summed E-state index contributed by atoms with van der Waals surface area (Å²) in [6, 6.07) is 7.81. The van der Waals surface area contributed by atoms with Crippen LogP contribution in [-0.4, -0.2) is 11.9 Å². The van der Waals surface area contributed by atoms with Gasteiger partial charge in [0.1, 0.15) is 0 Å². The molecule has 0 saturated carbocycles. The minimum Gasteiger partial charge on any atom is -0.389 e. The van der Waals surface area contributed by atoms with Crippen LogP contribution in [0.4, 0.5) is 0 Å². The summed E-state index contributed by atoms with van der Waals surface area (Å²) in [4.78, 5) is 22.1. The first-order chi connectivity index (χ1) is 7.17. The fraction of sp³-hybridized carbons (Fsp3) is 0.182. The van der Waals surface area contributed by atoms with Crippen molar-refractivity contribution >= 4 is 11.9 Å². The lowest BCUT2D eigenvalue weighted by atomic mass is 10.1. The standard InChI is InChI=1S/C11H9NO3/c1-2-10(13)15-11(14)9-5-3-8(7-12)4-6-9/h3-6H,2H2,1H3. The highest BCUT2D eigenvalue weighted by atomic mass is 16.6. The van der Waals surface area contributed by atoms with Crippen LogP contribution in [0.3, 0.4) is 0 Å². The Morgan fingerprint density at radius 1 is 1.33 bits per heavy atom. The SMILES string of the molecule is CCC(=O)OC(=O)c1ccc(C#N)cc1. The predicted molar refractivity (Wildman–Crippen MR) is 51.9 cm³/mol. The van der Waals surface area contributed by atoms with E-state index in [-0.39, 0.29) is 12.0 Å². The van der Waals surface area contributed by atoms with E-state index in [2.05, 4.69) is 4.74 Å². The fourth-order valence-corrected chi connectivity index (χ4v) is 0.915. The third-order valence-electron chi connectivity index (χ3n) is 1.74. The number of nitrogens with zero attached hydrogens (tertiary/aromatic N) is 1. The van der Waals surface area contributed by atoms with Crippen LogP contribution in [0.25, 0.3) is 0 Å². The third-order valence-corrected chi connectivity index (χ3v) is 1.74. The summed E-state index contributed by atoms with van der Waals surface area (Å²) in [5, 5.41) is 8.53. The molecule has 0 aromatic heterocycles. The smallest absolute Gasteiger partial charge is 0.345 e. The summed E-state index contributed by atoms with van der Waals surface area (Å²) in [5.41, 5.74) is 0.712. The second kappa shape index (κ2) is 4.91. The molecule has 1 aromatic carbocycles. The molecule has 1 rings (SSSR count). The van der Waals surface area contributed by atoms with E-state index < -0.39 is 11.9 Å². The van der Waals surface area contributed by atoms with Crippen LogP contribution in [0.5, 0.6) is 0 Å². The number of ether oxygens (including phenoxy) is 1. The topological polar surface area (TPSA) is 67.2 Å². The maximum Gasteiger partial charge on any atom is 0.345 e. The van der Waals surface area contributed by atoms with Crippen molar-refractivity contribution in [3.8, 4) is 6.07 Å². The number of nitriles is 1. The fourth-order valence-electron chi connectivity index (χ4n) is 0.915. The zero-order valence-electron chi connectivity index (χ0n) is 8.19. The second-order valence-corrected chi connectivity index (χ2v) is 2.80. The maximum absolute atomic E-state index is 11.3. The summed E-state index contributed by atoms with van der Waals surface area (Å²) in [6.07, 6.45) is 0.155. The minimum absolute atomic E-state index is 0.155. The van der Waals surface area contributed by atoms with Crippen molar-refractivity contribution in [2.24, 2.45) is 0 Å². The van der Waals surface area contributed by atoms with Crippen LogP contribution in [-0.2, 0) is 9.53 Å². The van der Waals surface area contributed by atoms with Crippen molar-refractivity contribution in [3.05, 3.63) is 35.4 Å². The van der Waals surface area contributed by atoms with E-state index in [1.807, 2.05) is 6.07 Å². The van der Waals surface area contributed by atoms with E-state index in [9.17, 15) is 9.59 Å². The summed E-state index contributed by atoms with van der Waals surface area (Å²) < 4.78 is 4.50. The van der Waals surface area contributed by atoms with Gasteiger partial charge in [-0.3, -0.25) is 4.79 Å². The van der Waals surface area contributed by atoms with Crippen molar-refractivity contribution in [1.29, 1.82) is 5.26 Å². The average Bonchev–Trinajstić information content (AvgIpc) is 2.29. The van der Waals surface area contributed by atoms with Gasteiger partial charge < -0.3 is 4.74 Å². The Morgan fingerprint density at radius 2 is 1.93 bits per heavy atom. The second-order valence-electron chi connectivity index (χ2n) is 2.80. The molecule has 0 saturated heterocycles. The number of hydrogen-bond acceptors (Lipinski definition) is 4. The molecule has 0 bridgehead atoms. The molecule has 0 unspecified atom stereocenters. The van der Waals surface area contributed by atoms with Gasteiger partial charge in [0, 0.05) is 6.42 Å². The first kappa shape index (κ1) is 10.9. The molecule has 0 aliphatic rings. The number of carbonyl (C=O) groups excluding carboxylic acids is 2. The Labute approximate surface area is 87.1 Å². The first-order valence-corrected chi connectivity index (χ1v) is 4.42. The van der Waals surface area contributed by atoms with Crippen molar-refractivity contribution < 1.29 is 14.3 Å². The summed E-state index contributed by atoms with van der Waals surface area (Å²) in [5.74, 6) is -1.25. The van der Waals surface area contributed by atoms with Crippen LogP contribution in [0.2, 0.25) is 0 Å². The highest BCUT2D eigenvalue weighted by molar-refractivity contribution is 5.96. The van der Waals surface area contributed by atoms with E-state index in [0.717, 1.165) is 0 Å². The Balaban J connectivity index is 2.75. The van der Waals surface area contributed by atoms with Gasteiger partial charge in [-0.1, -0.05) is 6.92 Å². The van der Waals surface area contributed by atoms with Crippen LogP contribution >= 0.6 is 0 Å². The Hall–Kier alpha value is -2.15. The minimum atomic E-state index is -0.689. The average molecular weight is 203 g/mol. The van der Waals surface area contributed by atoms with Crippen molar-refractivity contribution in [1.82, 2.24) is 0 Å². The van der Waals surface area contributed by atoms with Gasteiger partial charge in [-0.15, -0.1) is 0 Å². The number of carbonyl (C=O) groups is 2. The predicted octanol–water partition coefficient (Wildman–Crippen LogP) is 1.65. The number of rotatable bonds is 2. The molecule has 15 heavy (non-hydrogen) atoms. The summed E-state index contributed by atoms with van der Waals surface area (Å²) in [6.45, 7) is 1.61. The lowest BCUT2D eigenvalue weighted by Crippen LogP contribution is -2.11. The van der Waals surface area contributed by atoms with Gasteiger partial charge in [0.15, 0.2) is 0 Å². The molecule has 0 spiro atoms. The Bertz CT molecular complexity index is 414. The van der Waals surface area contributed by atoms with Gasteiger partial charge in [-0.05, 0) is 24.3 Å². The van der Waals surface area contributed by atoms with Gasteiger partial charge in [0.05, 0.1) is 17.2 Å². The van der Waals surface area contributed by atoms with Gasteiger partial charge in [0.2, 0.25) is 0 Å². The van der Waals surface area contributed by atoms with Crippen molar-refractivity contribution in [3.63, 3.8) is 0 Å². The van der Waals surface area contributed by atoms with Gasteiger partial charge in [-0.2, -0.15) is 5.26 Å². The molecule has 0 heterocycles.